The second kappa shape index (κ2) is 37.8. The van der Waals surface area contributed by atoms with Crippen molar-refractivity contribution in [1.82, 2.24) is 9.55 Å². The maximum atomic E-state index is 12.9. The van der Waals surface area contributed by atoms with E-state index in [-0.39, 0.29) is 18.7 Å². The zero-order valence-electron chi connectivity index (χ0n) is 42.5. The molecule has 1 fully saturated rings. The van der Waals surface area contributed by atoms with Gasteiger partial charge >= 0.3 is 33.3 Å². The molecular weight excluding hydrogens is 973 g/mol. The van der Waals surface area contributed by atoms with Crippen LogP contribution >= 0.6 is 15.6 Å². The van der Waals surface area contributed by atoms with Crippen LogP contribution in [0.3, 0.4) is 0 Å². The summed E-state index contributed by atoms with van der Waals surface area (Å²) in [5, 5.41) is 30.8. The largest absolute Gasteiger partial charge is 0.481 e. The molecule has 2 rings (SSSR count). The molecule has 7 N–H and O–H groups in total. The fourth-order valence-electron chi connectivity index (χ4n) is 7.14. The van der Waals surface area contributed by atoms with Gasteiger partial charge in [0.1, 0.15) is 30.7 Å². The second-order valence-corrected chi connectivity index (χ2v) is 21.0. The van der Waals surface area contributed by atoms with Crippen LogP contribution in [0.2, 0.25) is 0 Å². The first-order valence-corrected chi connectivity index (χ1v) is 28.4. The summed E-state index contributed by atoms with van der Waals surface area (Å²) in [7, 11) is -10.9. The SMILES string of the molecule is CC/C=C\CC(O)/C=C/C=C/C/C=C\C/C=C\C/C=C\CCC(=O)OC[C@H](COP(=O)(O)OP(=O)(O)OC[C@H]1O[C@@H](n2ccc(N)nc2=O)[C@H](O)[C@@H]1O)OC(=O)CCCCCCCCCCCCCC(C)C. The molecule has 0 radical (unpaired) electrons. The van der Waals surface area contributed by atoms with Crippen molar-refractivity contribution >= 4 is 33.4 Å². The molecule has 0 saturated carbocycles. The molecule has 19 nitrogen and oxygen atoms in total. The number of nitrogens with two attached hydrogens (primary N) is 1. The molecule has 3 unspecified atom stereocenters. The summed E-state index contributed by atoms with van der Waals surface area (Å²) in [6.45, 7) is 4.15. The van der Waals surface area contributed by atoms with E-state index in [2.05, 4.69) is 23.1 Å². The minimum Gasteiger partial charge on any atom is -0.462 e. The first-order valence-electron chi connectivity index (χ1n) is 25.4. The van der Waals surface area contributed by atoms with Crippen molar-refractivity contribution in [2.75, 3.05) is 25.6 Å². The molecule has 1 aliphatic heterocycles. The van der Waals surface area contributed by atoms with Gasteiger partial charge in [-0.1, -0.05) is 164 Å². The third kappa shape index (κ3) is 31.0. The van der Waals surface area contributed by atoms with E-state index in [1.54, 1.807) is 6.08 Å². The Bertz CT molecular complexity index is 2020. The molecule has 2 heterocycles. The highest BCUT2D eigenvalue weighted by Gasteiger charge is 2.46. The summed E-state index contributed by atoms with van der Waals surface area (Å²) < 4.78 is 56.7. The van der Waals surface area contributed by atoms with E-state index in [1.165, 1.54) is 51.0 Å². The van der Waals surface area contributed by atoms with Crippen LogP contribution < -0.4 is 11.4 Å². The smallest absolute Gasteiger partial charge is 0.462 e. The highest BCUT2D eigenvalue weighted by molar-refractivity contribution is 7.61. The molecule has 1 aromatic rings. The molecule has 21 heteroatoms. The number of carbonyl (C=O) groups is 2. The number of carbonyl (C=O) groups excluding carboxylic acids is 2. The van der Waals surface area contributed by atoms with Crippen LogP contribution in [0.4, 0.5) is 5.82 Å². The maximum absolute atomic E-state index is 12.9. The normalized spacial score (nSPS) is 20.2. The zero-order valence-corrected chi connectivity index (χ0v) is 44.3. The summed E-state index contributed by atoms with van der Waals surface area (Å²) >= 11 is 0. The van der Waals surface area contributed by atoms with Gasteiger partial charge in [0.2, 0.25) is 0 Å². The van der Waals surface area contributed by atoms with E-state index in [1.807, 2.05) is 73.8 Å². The molecule has 408 valence electrons. The molecule has 1 saturated heterocycles. The number of rotatable bonds is 40. The molecular formula is C51H83N3O16P2. The Morgan fingerprint density at radius 1 is 0.778 bits per heavy atom. The number of ether oxygens (including phenoxy) is 3. The Labute approximate surface area is 426 Å². The minimum atomic E-state index is -5.45. The van der Waals surface area contributed by atoms with E-state index in [9.17, 15) is 48.6 Å². The average molecular weight is 1060 g/mol. The van der Waals surface area contributed by atoms with Crippen LogP contribution in [0.5, 0.6) is 0 Å². The average Bonchev–Trinajstić information content (AvgIpc) is 3.60. The molecule has 1 aliphatic rings. The number of anilines is 1. The summed E-state index contributed by atoms with van der Waals surface area (Å²) in [6, 6.07) is 1.24. The van der Waals surface area contributed by atoms with E-state index < -0.39 is 89.8 Å². The number of nitrogens with zero attached hydrogens (tertiary/aromatic N) is 2. The van der Waals surface area contributed by atoms with Crippen molar-refractivity contribution < 1.29 is 71.4 Å². The van der Waals surface area contributed by atoms with Gasteiger partial charge in [-0.25, -0.2) is 13.9 Å². The van der Waals surface area contributed by atoms with E-state index in [0.717, 1.165) is 61.6 Å². The third-order valence-electron chi connectivity index (χ3n) is 11.1. The number of aliphatic hydroxyl groups excluding tert-OH is 3. The predicted octanol–water partition coefficient (Wildman–Crippen LogP) is 9.33. The number of nitrogen functional groups attached to an aromatic ring is 1. The van der Waals surface area contributed by atoms with Crippen molar-refractivity contribution in [1.29, 1.82) is 0 Å². The molecule has 0 aromatic carbocycles. The van der Waals surface area contributed by atoms with Crippen molar-refractivity contribution in [3.63, 3.8) is 0 Å². The van der Waals surface area contributed by atoms with Gasteiger partial charge in [0.15, 0.2) is 12.3 Å². The second-order valence-electron chi connectivity index (χ2n) is 18.0. The van der Waals surface area contributed by atoms with Crippen LogP contribution in [-0.2, 0) is 46.3 Å². The third-order valence-corrected chi connectivity index (χ3v) is 13.7. The molecule has 8 atom stereocenters. The predicted molar refractivity (Wildman–Crippen MR) is 276 cm³/mol. The number of allylic oxidation sites excluding steroid dienone is 10. The lowest BCUT2D eigenvalue weighted by molar-refractivity contribution is -0.161. The van der Waals surface area contributed by atoms with Gasteiger partial charge in [0.25, 0.3) is 0 Å². The van der Waals surface area contributed by atoms with E-state index in [4.69, 9.17) is 29.0 Å². The van der Waals surface area contributed by atoms with Gasteiger partial charge in [0, 0.05) is 19.0 Å². The number of hydrogen-bond acceptors (Lipinski definition) is 16. The van der Waals surface area contributed by atoms with Gasteiger partial charge < -0.3 is 45.1 Å². The molecule has 0 spiro atoms. The molecule has 72 heavy (non-hydrogen) atoms. The maximum Gasteiger partial charge on any atom is 0.481 e. The van der Waals surface area contributed by atoms with Gasteiger partial charge in [-0.2, -0.15) is 9.29 Å². The van der Waals surface area contributed by atoms with Crippen molar-refractivity contribution in [2.24, 2.45) is 5.92 Å². The number of hydrogen-bond donors (Lipinski definition) is 6. The summed E-state index contributed by atoms with van der Waals surface area (Å²) in [6.07, 6.45) is 33.4. The zero-order chi connectivity index (χ0) is 53.0. The topological polar surface area (TPSA) is 286 Å². The number of aliphatic hydroxyl groups is 3. The standard InChI is InChI=1S/C51H83N3O16P2/c1-4-5-26-32-42(55)33-28-23-19-15-11-7-6-8-12-16-20-24-29-34-46(56)65-38-43(68-47(57)35-30-25-21-17-13-9-10-14-18-22-27-31-41(2)3)39-66-71(61,62)70-72(63,64)67-40-44-48(58)49(59)50(69-44)54-37-36-45(52)53-51(54)60/h5,7-8,11-12,19-20,23-24,26,28,33,36-37,41-44,48-50,55,58-59H,4,6,9-10,13-18,21-22,25,27,29-32,34-35,38-40H2,1-3H3,(H,61,62)(H,63,64)(H2,52,53,60)/b11-7-,12-8-,23-19+,24-20-,26-5-,33-28+/t42?,43-,44-,48-,49-,50-/m1/s1. The Balaban J connectivity index is 1.84. The van der Waals surface area contributed by atoms with Crippen molar-refractivity contribution in [2.45, 2.75) is 186 Å². The highest BCUT2D eigenvalue weighted by atomic mass is 31.3. The lowest BCUT2D eigenvalue weighted by Crippen LogP contribution is -2.36. The van der Waals surface area contributed by atoms with Crippen LogP contribution in [0.1, 0.15) is 155 Å². The van der Waals surface area contributed by atoms with Crippen molar-refractivity contribution in [3.05, 3.63) is 95.7 Å². The number of esters is 2. The Hall–Kier alpha value is -3.84. The summed E-state index contributed by atoms with van der Waals surface area (Å²) in [5.41, 5.74) is 4.58. The lowest BCUT2D eigenvalue weighted by atomic mass is 10.0. The molecule has 0 bridgehead atoms. The van der Waals surface area contributed by atoms with Crippen LogP contribution in [0.15, 0.2) is 90.0 Å². The van der Waals surface area contributed by atoms with Crippen LogP contribution in [-0.4, -0.2) is 96.9 Å². The summed E-state index contributed by atoms with van der Waals surface area (Å²) in [4.78, 5) is 61.9. The number of phosphoric acid groups is 2. The number of aromatic nitrogens is 2. The van der Waals surface area contributed by atoms with Gasteiger partial charge in [-0.15, -0.1) is 0 Å². The van der Waals surface area contributed by atoms with Gasteiger partial charge in [-0.3, -0.25) is 23.2 Å². The van der Waals surface area contributed by atoms with E-state index >= 15 is 0 Å². The Morgan fingerprint density at radius 2 is 1.38 bits per heavy atom. The van der Waals surface area contributed by atoms with Crippen LogP contribution in [0, 0.1) is 5.92 Å². The fourth-order valence-corrected chi connectivity index (χ4v) is 9.25. The van der Waals surface area contributed by atoms with Gasteiger partial charge in [-0.05, 0) is 56.9 Å². The summed E-state index contributed by atoms with van der Waals surface area (Å²) in [5.74, 6) is -0.673. The first kappa shape index (κ1) is 64.3. The minimum absolute atomic E-state index is 0.0161. The van der Waals surface area contributed by atoms with Crippen molar-refractivity contribution in [3.8, 4) is 0 Å². The number of unbranched alkanes of at least 4 members (excludes halogenated alkanes) is 10. The van der Waals surface area contributed by atoms with E-state index in [0.29, 0.717) is 25.7 Å². The monoisotopic (exact) mass is 1060 g/mol. The number of phosphoric ester groups is 2. The lowest BCUT2D eigenvalue weighted by Gasteiger charge is -2.21. The first-order chi connectivity index (χ1) is 34.4. The Morgan fingerprint density at radius 3 is 2.00 bits per heavy atom. The quantitative estimate of drug-likeness (QED) is 0.0117. The van der Waals surface area contributed by atoms with Crippen LogP contribution in [0.25, 0.3) is 0 Å². The van der Waals surface area contributed by atoms with Gasteiger partial charge in [0.05, 0.1) is 19.3 Å². The molecule has 1 aromatic heterocycles. The molecule has 0 amide bonds. The Kier molecular flexibility index (Phi) is 33.8. The highest BCUT2D eigenvalue weighted by Crippen LogP contribution is 2.60. The fraction of sp³-hybridized carbons (Fsp3) is 0.647. The molecule has 0 aliphatic carbocycles.